The van der Waals surface area contributed by atoms with Crippen molar-refractivity contribution in [2.45, 2.75) is 0 Å². The summed E-state index contributed by atoms with van der Waals surface area (Å²) >= 11 is 6.12. The predicted molar refractivity (Wildman–Crippen MR) is 82.6 cm³/mol. The molecule has 0 amide bonds. The van der Waals surface area contributed by atoms with Crippen LogP contribution in [0.15, 0.2) is 48.5 Å². The van der Waals surface area contributed by atoms with E-state index in [9.17, 15) is 9.18 Å². The first-order chi connectivity index (χ1) is 9.99. The molecule has 5 heteroatoms. The number of benzene rings is 2. The van der Waals surface area contributed by atoms with Gasteiger partial charge in [-0.05, 0) is 35.9 Å². The van der Waals surface area contributed by atoms with Gasteiger partial charge in [-0.15, -0.1) is 0 Å². The van der Waals surface area contributed by atoms with E-state index in [1.54, 1.807) is 48.3 Å². The molecule has 2 rings (SSSR count). The van der Waals surface area contributed by atoms with Crippen molar-refractivity contribution in [2.24, 2.45) is 0 Å². The lowest BCUT2D eigenvalue weighted by molar-refractivity contribution is -0.131. The molecular formula is C16H13ClFNO2. The summed E-state index contributed by atoms with van der Waals surface area (Å²) in [5.74, 6) is -1.37. The van der Waals surface area contributed by atoms with Gasteiger partial charge >= 0.3 is 5.97 Å². The Kier molecular flexibility index (Phi) is 4.60. The number of anilines is 2. The van der Waals surface area contributed by atoms with E-state index in [2.05, 4.69) is 0 Å². The van der Waals surface area contributed by atoms with Crippen molar-refractivity contribution < 1.29 is 14.3 Å². The summed E-state index contributed by atoms with van der Waals surface area (Å²) in [7, 11) is 1.73. The molecule has 3 nitrogen and oxygen atoms in total. The van der Waals surface area contributed by atoms with E-state index in [0.29, 0.717) is 22.0 Å². The molecule has 108 valence electrons. The maximum atomic E-state index is 13.8. The van der Waals surface area contributed by atoms with Gasteiger partial charge in [-0.2, -0.15) is 0 Å². The molecular weight excluding hydrogens is 293 g/mol. The highest BCUT2D eigenvalue weighted by atomic mass is 35.5. The van der Waals surface area contributed by atoms with Crippen LogP contribution in [0.5, 0.6) is 0 Å². The highest BCUT2D eigenvalue weighted by molar-refractivity contribution is 6.32. The minimum absolute atomic E-state index is 0.328. The molecule has 0 heterocycles. The van der Waals surface area contributed by atoms with Crippen LogP contribution in [0.25, 0.3) is 6.08 Å². The number of para-hydroxylation sites is 1. The van der Waals surface area contributed by atoms with E-state index in [4.69, 9.17) is 16.7 Å². The lowest BCUT2D eigenvalue weighted by Crippen LogP contribution is -2.11. The highest BCUT2D eigenvalue weighted by Crippen LogP contribution is 2.30. The van der Waals surface area contributed by atoms with Gasteiger partial charge in [0.25, 0.3) is 0 Å². The maximum Gasteiger partial charge on any atom is 0.328 e. The van der Waals surface area contributed by atoms with E-state index in [1.807, 2.05) is 0 Å². The zero-order valence-corrected chi connectivity index (χ0v) is 12.0. The topological polar surface area (TPSA) is 40.5 Å². The van der Waals surface area contributed by atoms with Crippen molar-refractivity contribution in [3.8, 4) is 0 Å². The summed E-state index contributed by atoms with van der Waals surface area (Å²) in [5, 5.41) is 9.00. The van der Waals surface area contributed by atoms with Gasteiger partial charge in [-0.25, -0.2) is 9.18 Å². The van der Waals surface area contributed by atoms with E-state index in [0.717, 1.165) is 6.08 Å². The van der Waals surface area contributed by atoms with Crippen LogP contribution in [0.3, 0.4) is 0 Å². The van der Waals surface area contributed by atoms with Crippen molar-refractivity contribution in [2.75, 3.05) is 11.9 Å². The molecule has 0 spiro atoms. The first kappa shape index (κ1) is 15.1. The van der Waals surface area contributed by atoms with Crippen LogP contribution in [-0.2, 0) is 4.79 Å². The summed E-state index contributed by atoms with van der Waals surface area (Å²) in [6.45, 7) is 0. The zero-order valence-electron chi connectivity index (χ0n) is 11.3. The third kappa shape index (κ3) is 3.61. The highest BCUT2D eigenvalue weighted by Gasteiger charge is 2.10. The molecule has 0 aromatic heterocycles. The third-order valence-corrected chi connectivity index (χ3v) is 3.32. The van der Waals surface area contributed by atoms with Gasteiger partial charge in [0.1, 0.15) is 5.82 Å². The number of rotatable bonds is 4. The quantitative estimate of drug-likeness (QED) is 0.854. The first-order valence-corrected chi connectivity index (χ1v) is 6.55. The van der Waals surface area contributed by atoms with Crippen LogP contribution in [0.2, 0.25) is 5.02 Å². The number of nitrogens with zero attached hydrogens (tertiary/aromatic N) is 1. The van der Waals surface area contributed by atoms with Crippen LogP contribution < -0.4 is 4.90 Å². The second kappa shape index (κ2) is 6.41. The molecule has 0 radical (unpaired) electrons. The molecule has 21 heavy (non-hydrogen) atoms. The first-order valence-electron chi connectivity index (χ1n) is 6.18. The normalized spacial score (nSPS) is 10.8. The largest absolute Gasteiger partial charge is 0.478 e. The van der Waals surface area contributed by atoms with Crippen LogP contribution in [0.1, 0.15) is 5.56 Å². The number of hydrogen-bond donors (Lipinski definition) is 1. The van der Waals surface area contributed by atoms with Gasteiger partial charge in [0.05, 0.1) is 5.69 Å². The monoisotopic (exact) mass is 305 g/mol. The van der Waals surface area contributed by atoms with Crippen molar-refractivity contribution in [1.29, 1.82) is 0 Å². The lowest BCUT2D eigenvalue weighted by Gasteiger charge is -2.20. The SMILES string of the molecule is CN(c1ccc(/C=C/C(=O)O)c(Cl)c1)c1ccccc1F. The summed E-state index contributed by atoms with van der Waals surface area (Å²) in [6.07, 6.45) is 2.43. The van der Waals surface area contributed by atoms with E-state index in [1.165, 1.54) is 12.1 Å². The van der Waals surface area contributed by atoms with Crippen LogP contribution in [-0.4, -0.2) is 18.1 Å². The molecule has 0 bridgehead atoms. The smallest absolute Gasteiger partial charge is 0.328 e. The van der Waals surface area contributed by atoms with Crippen molar-refractivity contribution in [3.05, 3.63) is 64.9 Å². The molecule has 0 unspecified atom stereocenters. The molecule has 2 aromatic rings. The van der Waals surface area contributed by atoms with E-state index in [-0.39, 0.29) is 5.82 Å². The molecule has 0 saturated carbocycles. The molecule has 0 aliphatic carbocycles. The van der Waals surface area contributed by atoms with E-state index >= 15 is 0 Å². The van der Waals surface area contributed by atoms with Crippen molar-refractivity contribution in [1.82, 2.24) is 0 Å². The number of aliphatic carboxylic acids is 1. The second-order valence-corrected chi connectivity index (χ2v) is 4.80. The number of carbonyl (C=O) groups is 1. The number of carboxylic acids is 1. The Labute approximate surface area is 126 Å². The van der Waals surface area contributed by atoms with Gasteiger partial charge in [0.15, 0.2) is 0 Å². The molecule has 0 saturated heterocycles. The molecule has 2 aromatic carbocycles. The standard InChI is InChI=1S/C16H13ClFNO2/c1-19(15-5-3-2-4-14(15)18)12-8-6-11(13(17)10-12)7-9-16(20)21/h2-10H,1H3,(H,20,21)/b9-7+. The second-order valence-electron chi connectivity index (χ2n) is 4.39. The molecule has 0 fully saturated rings. The fourth-order valence-corrected chi connectivity index (χ4v) is 2.12. The predicted octanol–water partition coefficient (Wildman–Crippen LogP) is 4.34. The van der Waals surface area contributed by atoms with Crippen LogP contribution in [0, 0.1) is 5.82 Å². The Morgan fingerprint density at radius 3 is 2.62 bits per heavy atom. The number of hydrogen-bond acceptors (Lipinski definition) is 2. The Balaban J connectivity index is 2.32. The lowest BCUT2D eigenvalue weighted by atomic mass is 10.1. The minimum Gasteiger partial charge on any atom is -0.478 e. The van der Waals surface area contributed by atoms with Gasteiger partial charge in [-0.1, -0.05) is 29.8 Å². The Bertz CT molecular complexity index is 700. The fourth-order valence-electron chi connectivity index (χ4n) is 1.88. The molecule has 0 aliphatic heterocycles. The number of halogens is 2. The molecule has 0 atom stereocenters. The average molecular weight is 306 g/mol. The van der Waals surface area contributed by atoms with Gasteiger partial charge in [0.2, 0.25) is 0 Å². The molecule has 0 aliphatic rings. The van der Waals surface area contributed by atoms with Gasteiger partial charge < -0.3 is 10.0 Å². The number of carboxylic acid groups (broad SMARTS) is 1. The van der Waals surface area contributed by atoms with Gasteiger partial charge in [0, 0.05) is 23.8 Å². The van der Waals surface area contributed by atoms with Gasteiger partial charge in [-0.3, -0.25) is 0 Å². The van der Waals surface area contributed by atoms with E-state index < -0.39 is 5.97 Å². The molecule has 1 N–H and O–H groups in total. The average Bonchev–Trinajstić information content (AvgIpc) is 2.45. The Hall–Kier alpha value is -2.33. The van der Waals surface area contributed by atoms with Crippen LogP contribution >= 0.6 is 11.6 Å². The van der Waals surface area contributed by atoms with Crippen molar-refractivity contribution >= 4 is 35.0 Å². The Morgan fingerprint density at radius 1 is 1.29 bits per heavy atom. The summed E-state index contributed by atoms with van der Waals surface area (Å²) in [5.41, 5.74) is 1.73. The third-order valence-electron chi connectivity index (χ3n) is 2.99. The summed E-state index contributed by atoms with van der Waals surface area (Å²) in [6, 6.07) is 11.5. The zero-order chi connectivity index (χ0) is 15.4. The maximum absolute atomic E-state index is 13.8. The fraction of sp³-hybridized carbons (Fsp3) is 0.0625. The minimum atomic E-state index is -1.04. The van der Waals surface area contributed by atoms with Crippen molar-refractivity contribution in [3.63, 3.8) is 0 Å². The summed E-state index contributed by atoms with van der Waals surface area (Å²) in [4.78, 5) is 12.2. The Morgan fingerprint density at radius 2 is 2.00 bits per heavy atom. The summed E-state index contributed by atoms with van der Waals surface area (Å²) < 4.78 is 13.8. The van der Waals surface area contributed by atoms with Crippen LogP contribution in [0.4, 0.5) is 15.8 Å².